The number of hydrogen-bond donors (Lipinski definition) is 0. The van der Waals surface area contributed by atoms with Crippen molar-refractivity contribution in [3.8, 4) is 5.88 Å². The van der Waals surface area contributed by atoms with Gasteiger partial charge in [-0.1, -0.05) is 23.4 Å². The van der Waals surface area contributed by atoms with Gasteiger partial charge in [-0.25, -0.2) is 4.98 Å². The molecule has 1 aliphatic rings. The number of fused-ring (bicyclic) bond motifs is 1. The van der Waals surface area contributed by atoms with Crippen molar-refractivity contribution in [2.45, 2.75) is 18.9 Å². The molecular weight excluding hydrogens is 306 g/mol. The predicted octanol–water partition coefficient (Wildman–Crippen LogP) is 2.45. The number of carbonyl (C=O) groups excluding carboxylic acids is 1. The van der Waals surface area contributed by atoms with Crippen molar-refractivity contribution in [1.82, 2.24) is 15.0 Å². The van der Waals surface area contributed by atoms with Gasteiger partial charge in [-0.05, 0) is 18.2 Å². The van der Waals surface area contributed by atoms with Crippen LogP contribution in [0.3, 0.4) is 0 Å². The van der Waals surface area contributed by atoms with Gasteiger partial charge < -0.3 is 14.2 Å². The molecule has 24 heavy (non-hydrogen) atoms. The Morgan fingerprint density at radius 2 is 2.12 bits per heavy atom. The zero-order valence-electron chi connectivity index (χ0n) is 13.1. The van der Waals surface area contributed by atoms with Crippen LogP contribution < -0.4 is 4.74 Å². The number of carbonyl (C=O) groups is 1. The van der Waals surface area contributed by atoms with Gasteiger partial charge in [0.15, 0.2) is 5.58 Å². The second-order valence-electron chi connectivity index (χ2n) is 5.84. The summed E-state index contributed by atoms with van der Waals surface area (Å²) in [5.41, 5.74) is 1.39. The van der Waals surface area contributed by atoms with Crippen molar-refractivity contribution >= 4 is 16.9 Å². The minimum Gasteiger partial charge on any atom is -0.472 e. The van der Waals surface area contributed by atoms with Crippen LogP contribution in [0.15, 0.2) is 53.2 Å². The highest BCUT2D eigenvalue weighted by Gasteiger charge is 2.28. The SMILES string of the molecule is O=C(Cc1noc2ccccc12)N1CCC(Oc2ccccn2)C1. The lowest BCUT2D eigenvalue weighted by atomic mass is 10.1. The Kier molecular flexibility index (Phi) is 3.86. The van der Waals surface area contributed by atoms with Crippen molar-refractivity contribution in [1.29, 1.82) is 0 Å². The molecule has 6 nitrogen and oxygen atoms in total. The van der Waals surface area contributed by atoms with Crippen molar-refractivity contribution in [2.24, 2.45) is 0 Å². The van der Waals surface area contributed by atoms with Crippen LogP contribution in [0.1, 0.15) is 12.1 Å². The molecule has 1 aliphatic heterocycles. The average Bonchev–Trinajstić information content (AvgIpc) is 3.24. The van der Waals surface area contributed by atoms with Gasteiger partial charge in [0, 0.05) is 30.6 Å². The average molecular weight is 323 g/mol. The topological polar surface area (TPSA) is 68.5 Å². The first kappa shape index (κ1) is 14.7. The van der Waals surface area contributed by atoms with E-state index in [1.54, 1.807) is 6.20 Å². The molecule has 3 heterocycles. The minimum absolute atomic E-state index is 0.0158. The molecule has 122 valence electrons. The molecule has 0 bridgehead atoms. The summed E-state index contributed by atoms with van der Waals surface area (Å²) in [6.45, 7) is 1.26. The molecule has 1 saturated heterocycles. The summed E-state index contributed by atoms with van der Waals surface area (Å²) in [5, 5.41) is 4.92. The van der Waals surface area contributed by atoms with Gasteiger partial charge in [0.1, 0.15) is 11.8 Å². The molecule has 0 radical (unpaired) electrons. The Morgan fingerprint density at radius 1 is 1.25 bits per heavy atom. The summed E-state index contributed by atoms with van der Waals surface area (Å²) < 4.78 is 11.1. The molecule has 0 spiro atoms. The number of likely N-dealkylation sites (tertiary alicyclic amines) is 1. The fourth-order valence-electron chi connectivity index (χ4n) is 2.96. The summed E-state index contributed by atoms with van der Waals surface area (Å²) in [5.74, 6) is 0.639. The van der Waals surface area contributed by atoms with Crippen LogP contribution >= 0.6 is 0 Å². The first-order valence-corrected chi connectivity index (χ1v) is 7.98. The lowest BCUT2D eigenvalue weighted by Gasteiger charge is -2.16. The van der Waals surface area contributed by atoms with Gasteiger partial charge in [-0.15, -0.1) is 0 Å². The third-order valence-electron chi connectivity index (χ3n) is 4.19. The highest BCUT2D eigenvalue weighted by Crippen LogP contribution is 2.21. The highest BCUT2D eigenvalue weighted by molar-refractivity contribution is 5.86. The summed E-state index contributed by atoms with van der Waals surface area (Å²) in [6.07, 6.45) is 2.73. The molecule has 1 atom stereocenters. The Balaban J connectivity index is 1.39. The van der Waals surface area contributed by atoms with E-state index < -0.39 is 0 Å². The van der Waals surface area contributed by atoms with Crippen LogP contribution in [-0.4, -0.2) is 40.1 Å². The molecule has 1 amide bonds. The zero-order valence-corrected chi connectivity index (χ0v) is 13.1. The van der Waals surface area contributed by atoms with E-state index in [2.05, 4.69) is 10.1 Å². The third-order valence-corrected chi connectivity index (χ3v) is 4.19. The Labute approximate surface area is 139 Å². The number of hydrogen-bond acceptors (Lipinski definition) is 5. The van der Waals surface area contributed by atoms with Crippen molar-refractivity contribution < 1.29 is 14.1 Å². The summed E-state index contributed by atoms with van der Waals surface area (Å²) >= 11 is 0. The third kappa shape index (κ3) is 2.95. The van der Waals surface area contributed by atoms with Crippen molar-refractivity contribution in [3.63, 3.8) is 0 Å². The Bertz CT molecular complexity index is 847. The summed E-state index contributed by atoms with van der Waals surface area (Å²) in [7, 11) is 0. The number of pyridine rings is 1. The number of aromatic nitrogens is 2. The van der Waals surface area contributed by atoms with E-state index in [9.17, 15) is 4.79 Å². The molecule has 6 heteroatoms. The first-order chi connectivity index (χ1) is 11.8. The van der Waals surface area contributed by atoms with E-state index in [4.69, 9.17) is 9.26 Å². The smallest absolute Gasteiger partial charge is 0.228 e. The molecule has 0 aliphatic carbocycles. The predicted molar refractivity (Wildman–Crippen MR) is 87.6 cm³/mol. The van der Waals surface area contributed by atoms with Crippen LogP contribution in [0.2, 0.25) is 0 Å². The molecule has 1 fully saturated rings. The second kappa shape index (κ2) is 6.31. The number of nitrogens with zero attached hydrogens (tertiary/aromatic N) is 3. The van der Waals surface area contributed by atoms with Crippen molar-refractivity contribution in [2.75, 3.05) is 13.1 Å². The van der Waals surface area contributed by atoms with Crippen LogP contribution in [-0.2, 0) is 11.2 Å². The largest absolute Gasteiger partial charge is 0.472 e. The van der Waals surface area contributed by atoms with Crippen molar-refractivity contribution in [3.05, 3.63) is 54.4 Å². The van der Waals surface area contributed by atoms with Gasteiger partial charge in [-0.3, -0.25) is 4.79 Å². The second-order valence-corrected chi connectivity index (χ2v) is 5.84. The molecule has 0 saturated carbocycles. The maximum absolute atomic E-state index is 12.5. The van der Waals surface area contributed by atoms with Gasteiger partial charge in [0.25, 0.3) is 0 Å². The monoisotopic (exact) mass is 323 g/mol. The summed E-state index contributed by atoms with van der Waals surface area (Å²) in [4.78, 5) is 18.5. The van der Waals surface area contributed by atoms with E-state index in [1.165, 1.54) is 0 Å². The zero-order chi connectivity index (χ0) is 16.4. The number of amides is 1. The van der Waals surface area contributed by atoms with Gasteiger partial charge >= 0.3 is 0 Å². The number of para-hydroxylation sites is 1. The Morgan fingerprint density at radius 3 is 3.00 bits per heavy atom. The quantitative estimate of drug-likeness (QED) is 0.737. The summed E-state index contributed by atoms with van der Waals surface area (Å²) in [6, 6.07) is 13.1. The fraction of sp³-hybridized carbons (Fsp3) is 0.278. The van der Waals surface area contributed by atoms with Gasteiger partial charge in [0.05, 0.1) is 13.0 Å². The van der Waals surface area contributed by atoms with E-state index in [0.717, 1.165) is 11.8 Å². The molecular formula is C18H17N3O3. The first-order valence-electron chi connectivity index (χ1n) is 7.98. The molecule has 1 unspecified atom stereocenters. The number of rotatable bonds is 4. The fourth-order valence-corrected chi connectivity index (χ4v) is 2.96. The van der Waals surface area contributed by atoms with Crippen LogP contribution in [0.4, 0.5) is 0 Å². The normalized spacial score (nSPS) is 17.3. The van der Waals surface area contributed by atoms with Crippen LogP contribution in [0, 0.1) is 0 Å². The maximum Gasteiger partial charge on any atom is 0.228 e. The number of benzene rings is 1. The van der Waals surface area contributed by atoms with E-state index >= 15 is 0 Å². The van der Waals surface area contributed by atoms with E-state index in [-0.39, 0.29) is 18.4 Å². The van der Waals surface area contributed by atoms with E-state index in [1.807, 2.05) is 47.4 Å². The van der Waals surface area contributed by atoms with Crippen LogP contribution in [0.25, 0.3) is 11.0 Å². The Hall–Kier alpha value is -2.89. The molecule has 2 aromatic heterocycles. The minimum atomic E-state index is -0.0158. The molecule has 3 aromatic rings. The van der Waals surface area contributed by atoms with E-state index in [0.29, 0.717) is 30.2 Å². The standard InChI is InChI=1S/C18H17N3O3/c22-18(11-15-14-5-1-2-6-16(14)24-20-15)21-10-8-13(12-21)23-17-7-3-4-9-19-17/h1-7,9,13H,8,10-12H2. The van der Waals surface area contributed by atoms with Gasteiger partial charge in [-0.2, -0.15) is 0 Å². The molecule has 4 rings (SSSR count). The maximum atomic E-state index is 12.5. The molecule has 1 aromatic carbocycles. The van der Waals surface area contributed by atoms with Crippen LogP contribution in [0.5, 0.6) is 5.88 Å². The number of ether oxygens (including phenoxy) is 1. The molecule has 0 N–H and O–H groups in total. The highest BCUT2D eigenvalue weighted by atomic mass is 16.5. The lowest BCUT2D eigenvalue weighted by molar-refractivity contribution is -0.129. The lowest BCUT2D eigenvalue weighted by Crippen LogP contribution is -2.32. The van der Waals surface area contributed by atoms with Gasteiger partial charge in [0.2, 0.25) is 11.8 Å².